The second kappa shape index (κ2) is 6.05. The molecule has 17 heavy (non-hydrogen) atoms. The Morgan fingerprint density at radius 3 is 2.88 bits per heavy atom. The highest BCUT2D eigenvalue weighted by molar-refractivity contribution is 5.64. The first-order valence-electron chi connectivity index (χ1n) is 5.19. The molecule has 1 aromatic heterocycles. The van der Waals surface area contributed by atoms with Crippen LogP contribution in [-0.2, 0) is 6.61 Å². The lowest BCUT2D eigenvalue weighted by Crippen LogP contribution is -2.26. The van der Waals surface area contributed by atoms with Gasteiger partial charge in [0.2, 0.25) is 5.88 Å². The van der Waals surface area contributed by atoms with E-state index in [4.69, 9.17) is 9.84 Å². The van der Waals surface area contributed by atoms with Crippen molar-refractivity contribution in [1.29, 1.82) is 0 Å². The molecule has 0 spiro atoms. The fourth-order valence-corrected chi connectivity index (χ4v) is 1.53. The van der Waals surface area contributed by atoms with Crippen LogP contribution in [0.4, 0.5) is 4.79 Å². The van der Waals surface area contributed by atoms with E-state index in [1.54, 1.807) is 6.07 Å². The van der Waals surface area contributed by atoms with Crippen molar-refractivity contribution in [3.63, 3.8) is 0 Å². The summed E-state index contributed by atoms with van der Waals surface area (Å²) in [5.74, 6) is 0.379. The number of aromatic nitrogens is 1. The Bertz CT molecular complexity index is 395. The van der Waals surface area contributed by atoms with E-state index in [2.05, 4.69) is 10.3 Å². The number of aliphatic hydroxyl groups excluding tert-OH is 1. The molecule has 1 amide bonds. The smallest absolute Gasteiger partial charge is 0.404 e. The van der Waals surface area contributed by atoms with Crippen LogP contribution in [0.5, 0.6) is 5.88 Å². The van der Waals surface area contributed by atoms with Gasteiger partial charge in [0.15, 0.2) is 0 Å². The van der Waals surface area contributed by atoms with E-state index < -0.39 is 6.09 Å². The van der Waals surface area contributed by atoms with Crippen LogP contribution in [0.25, 0.3) is 0 Å². The van der Waals surface area contributed by atoms with Crippen LogP contribution >= 0.6 is 0 Å². The van der Waals surface area contributed by atoms with E-state index in [1.807, 2.05) is 6.92 Å². The SMILES string of the molecule is COc1cc(C(C)CNC(=O)O)c(CO)cn1. The number of nitrogens with zero attached hydrogens (tertiary/aromatic N) is 1. The summed E-state index contributed by atoms with van der Waals surface area (Å²) in [5, 5.41) is 20.0. The van der Waals surface area contributed by atoms with Crippen LogP contribution in [0.3, 0.4) is 0 Å². The molecular formula is C11H16N2O4. The molecule has 0 aliphatic rings. The Morgan fingerprint density at radius 2 is 2.35 bits per heavy atom. The molecule has 6 heteroatoms. The summed E-state index contributed by atoms with van der Waals surface area (Å²) in [6.45, 7) is 2.00. The van der Waals surface area contributed by atoms with Gasteiger partial charge in [-0.15, -0.1) is 0 Å². The summed E-state index contributed by atoms with van der Waals surface area (Å²) in [6, 6.07) is 1.71. The number of pyridine rings is 1. The number of rotatable bonds is 5. The molecule has 1 aromatic rings. The van der Waals surface area contributed by atoms with Gasteiger partial charge >= 0.3 is 6.09 Å². The average molecular weight is 240 g/mol. The highest BCUT2D eigenvalue weighted by Crippen LogP contribution is 2.22. The van der Waals surface area contributed by atoms with Crippen LogP contribution in [0.1, 0.15) is 24.0 Å². The van der Waals surface area contributed by atoms with Gasteiger partial charge in [-0.25, -0.2) is 9.78 Å². The molecular weight excluding hydrogens is 224 g/mol. The monoisotopic (exact) mass is 240 g/mol. The van der Waals surface area contributed by atoms with Crippen molar-refractivity contribution in [2.75, 3.05) is 13.7 Å². The van der Waals surface area contributed by atoms with Crippen LogP contribution in [-0.4, -0.2) is 34.9 Å². The van der Waals surface area contributed by atoms with Crippen molar-refractivity contribution in [2.45, 2.75) is 19.4 Å². The van der Waals surface area contributed by atoms with Crippen molar-refractivity contribution < 1.29 is 19.7 Å². The van der Waals surface area contributed by atoms with Gasteiger partial charge in [0.1, 0.15) is 0 Å². The first kappa shape index (κ1) is 13.2. The predicted octanol–water partition coefficient (Wildman–Crippen LogP) is 0.954. The molecule has 0 radical (unpaired) electrons. The number of hydrogen-bond acceptors (Lipinski definition) is 4. The molecule has 0 saturated carbocycles. The number of aliphatic hydroxyl groups is 1. The summed E-state index contributed by atoms with van der Waals surface area (Å²) >= 11 is 0. The number of hydrogen-bond donors (Lipinski definition) is 3. The second-order valence-electron chi connectivity index (χ2n) is 3.67. The quantitative estimate of drug-likeness (QED) is 0.712. The molecule has 1 unspecified atom stereocenters. The summed E-state index contributed by atoms with van der Waals surface area (Å²) in [6.07, 6.45) is 0.467. The first-order chi connectivity index (χ1) is 8.08. The number of nitrogens with one attached hydrogen (secondary N) is 1. The fraction of sp³-hybridized carbons (Fsp3) is 0.455. The van der Waals surface area contributed by atoms with Crippen molar-refractivity contribution in [3.8, 4) is 5.88 Å². The maximum atomic E-state index is 10.4. The van der Waals surface area contributed by atoms with Gasteiger partial charge < -0.3 is 20.3 Å². The Kier molecular flexibility index (Phi) is 4.71. The molecule has 94 valence electrons. The minimum atomic E-state index is -1.07. The van der Waals surface area contributed by atoms with E-state index in [0.29, 0.717) is 11.4 Å². The molecule has 0 saturated heterocycles. The largest absolute Gasteiger partial charge is 0.481 e. The van der Waals surface area contributed by atoms with E-state index >= 15 is 0 Å². The third-order valence-electron chi connectivity index (χ3n) is 2.47. The minimum absolute atomic E-state index is 0.0647. The standard InChI is InChI=1S/C11H16N2O4/c1-7(4-13-11(15)16)9-3-10(17-2)12-5-8(9)6-14/h3,5,7,13-14H,4,6H2,1-2H3,(H,15,16). The minimum Gasteiger partial charge on any atom is -0.481 e. The van der Waals surface area contributed by atoms with Gasteiger partial charge in [-0.2, -0.15) is 0 Å². The summed E-state index contributed by atoms with van der Waals surface area (Å²) in [4.78, 5) is 14.4. The third kappa shape index (κ3) is 3.60. The van der Waals surface area contributed by atoms with E-state index in [9.17, 15) is 9.90 Å². The molecule has 0 aromatic carbocycles. The molecule has 1 heterocycles. The lowest BCUT2D eigenvalue weighted by atomic mass is 9.97. The first-order valence-corrected chi connectivity index (χ1v) is 5.19. The van der Waals surface area contributed by atoms with Crippen molar-refractivity contribution in [2.24, 2.45) is 0 Å². The number of ether oxygens (including phenoxy) is 1. The Balaban J connectivity index is 2.88. The molecule has 3 N–H and O–H groups in total. The maximum absolute atomic E-state index is 10.4. The zero-order valence-electron chi connectivity index (χ0n) is 9.80. The van der Waals surface area contributed by atoms with E-state index in [-0.39, 0.29) is 19.1 Å². The molecule has 1 rings (SSSR count). The average Bonchev–Trinajstić information content (AvgIpc) is 2.34. The highest BCUT2D eigenvalue weighted by atomic mass is 16.5. The lowest BCUT2D eigenvalue weighted by Gasteiger charge is -2.15. The van der Waals surface area contributed by atoms with Crippen LogP contribution in [0.2, 0.25) is 0 Å². The zero-order chi connectivity index (χ0) is 12.8. The normalized spacial score (nSPS) is 11.9. The van der Waals surface area contributed by atoms with Crippen molar-refractivity contribution >= 4 is 6.09 Å². The Hall–Kier alpha value is -1.82. The topological polar surface area (TPSA) is 91.7 Å². The summed E-state index contributed by atoms with van der Waals surface area (Å²) in [7, 11) is 1.50. The Labute approximate surface area is 99.3 Å². The van der Waals surface area contributed by atoms with Crippen LogP contribution in [0.15, 0.2) is 12.3 Å². The number of carboxylic acid groups (broad SMARTS) is 1. The van der Waals surface area contributed by atoms with Gasteiger partial charge in [0, 0.05) is 18.8 Å². The van der Waals surface area contributed by atoms with Gasteiger partial charge in [-0.1, -0.05) is 6.92 Å². The van der Waals surface area contributed by atoms with Crippen LogP contribution < -0.4 is 10.1 Å². The Morgan fingerprint density at radius 1 is 1.65 bits per heavy atom. The molecule has 6 nitrogen and oxygen atoms in total. The number of methoxy groups -OCH3 is 1. The second-order valence-corrected chi connectivity index (χ2v) is 3.67. The van der Waals surface area contributed by atoms with Gasteiger partial charge in [-0.05, 0) is 17.0 Å². The van der Waals surface area contributed by atoms with Gasteiger partial charge in [0.05, 0.1) is 13.7 Å². The molecule has 0 bridgehead atoms. The summed E-state index contributed by atoms with van der Waals surface area (Å²) in [5.41, 5.74) is 1.50. The van der Waals surface area contributed by atoms with Crippen molar-refractivity contribution in [3.05, 3.63) is 23.4 Å². The molecule has 0 fully saturated rings. The van der Waals surface area contributed by atoms with E-state index in [0.717, 1.165) is 5.56 Å². The van der Waals surface area contributed by atoms with Gasteiger partial charge in [-0.3, -0.25) is 0 Å². The van der Waals surface area contributed by atoms with E-state index in [1.165, 1.54) is 13.3 Å². The molecule has 0 aliphatic heterocycles. The zero-order valence-corrected chi connectivity index (χ0v) is 9.80. The van der Waals surface area contributed by atoms with Gasteiger partial charge in [0.25, 0.3) is 0 Å². The fourth-order valence-electron chi connectivity index (χ4n) is 1.53. The van der Waals surface area contributed by atoms with Crippen LogP contribution in [0, 0.1) is 0 Å². The maximum Gasteiger partial charge on any atom is 0.404 e. The highest BCUT2D eigenvalue weighted by Gasteiger charge is 2.13. The molecule has 1 atom stereocenters. The molecule has 0 aliphatic carbocycles. The third-order valence-corrected chi connectivity index (χ3v) is 2.47. The van der Waals surface area contributed by atoms with Crippen molar-refractivity contribution in [1.82, 2.24) is 10.3 Å². The predicted molar refractivity (Wildman–Crippen MR) is 61.2 cm³/mol. The number of carbonyl (C=O) groups is 1. The number of amides is 1. The summed E-state index contributed by atoms with van der Waals surface area (Å²) < 4.78 is 5.00. The lowest BCUT2D eigenvalue weighted by molar-refractivity contribution is 0.194.